The maximum atomic E-state index is 12.0. The number of hydrogen-bond donors (Lipinski definition) is 0. The van der Waals surface area contributed by atoms with Crippen LogP contribution in [0.2, 0.25) is 0 Å². The predicted octanol–water partition coefficient (Wildman–Crippen LogP) is 3.88. The third kappa shape index (κ3) is 2.58. The van der Waals surface area contributed by atoms with Crippen LogP contribution < -0.4 is 0 Å². The molecule has 2 aromatic carbocycles. The maximum absolute atomic E-state index is 12.0. The van der Waals surface area contributed by atoms with Crippen LogP contribution >= 0.6 is 0 Å². The van der Waals surface area contributed by atoms with Crippen molar-refractivity contribution in [1.29, 1.82) is 0 Å². The molecule has 1 aliphatic heterocycles. The molecule has 2 atom stereocenters. The minimum Gasteiger partial charge on any atom is -0.300 e. The van der Waals surface area contributed by atoms with Gasteiger partial charge in [-0.3, -0.25) is 4.79 Å². The molecule has 1 saturated heterocycles. The van der Waals surface area contributed by atoms with Crippen LogP contribution in [-0.2, 0) is 20.2 Å². The summed E-state index contributed by atoms with van der Waals surface area (Å²) >= 11 is 0. The van der Waals surface area contributed by atoms with Gasteiger partial charge in [-0.1, -0.05) is 60.7 Å². The summed E-state index contributed by atoms with van der Waals surface area (Å²) in [4.78, 5) is 23.5. The minimum absolute atomic E-state index is 0.132. The maximum Gasteiger partial charge on any atom is 0.154 e. The molecule has 0 spiro atoms. The largest absolute Gasteiger partial charge is 0.300 e. The normalized spacial score (nSPS) is 23.9. The third-order valence-electron chi connectivity index (χ3n) is 4.42. The smallest absolute Gasteiger partial charge is 0.154 e. The highest BCUT2D eigenvalue weighted by Crippen LogP contribution is 2.44. The molecular weight excluding hydrogens is 276 g/mol. The summed E-state index contributed by atoms with van der Waals surface area (Å²) in [5, 5.41) is 0. The highest BCUT2D eigenvalue weighted by molar-refractivity contribution is 5.79. The lowest BCUT2D eigenvalue weighted by atomic mass is 9.76. The summed E-state index contributed by atoms with van der Waals surface area (Å²) in [5.41, 5.74) is 1.25. The van der Waals surface area contributed by atoms with Gasteiger partial charge in [-0.2, -0.15) is 0 Å². The fraction of sp³-hybridized carbons (Fsp3) is 0.316. The highest BCUT2D eigenvalue weighted by atomic mass is 17.2. The minimum atomic E-state index is -0.745. The van der Waals surface area contributed by atoms with Gasteiger partial charge in [0.25, 0.3) is 0 Å². The molecule has 22 heavy (non-hydrogen) atoms. The first-order valence-electron chi connectivity index (χ1n) is 7.59. The van der Waals surface area contributed by atoms with Crippen LogP contribution in [0.15, 0.2) is 60.7 Å². The highest BCUT2D eigenvalue weighted by Gasteiger charge is 2.46. The van der Waals surface area contributed by atoms with Crippen LogP contribution in [0.1, 0.15) is 31.4 Å². The molecule has 0 radical (unpaired) electrons. The molecule has 1 fully saturated rings. The van der Waals surface area contributed by atoms with E-state index in [4.69, 9.17) is 9.78 Å². The van der Waals surface area contributed by atoms with E-state index in [1.807, 2.05) is 67.6 Å². The van der Waals surface area contributed by atoms with Gasteiger partial charge in [0.05, 0.1) is 5.92 Å². The summed E-state index contributed by atoms with van der Waals surface area (Å²) in [7, 11) is 0. The second kappa shape index (κ2) is 6.03. The van der Waals surface area contributed by atoms with Crippen molar-refractivity contribution in [1.82, 2.24) is 0 Å². The second-order valence-electron chi connectivity index (χ2n) is 5.87. The Labute approximate surface area is 130 Å². The van der Waals surface area contributed by atoms with Gasteiger partial charge in [-0.15, -0.1) is 0 Å². The van der Waals surface area contributed by atoms with Crippen molar-refractivity contribution in [2.75, 3.05) is 0 Å². The number of ketones is 1. The first kappa shape index (κ1) is 14.9. The molecule has 1 heterocycles. The van der Waals surface area contributed by atoms with E-state index in [0.29, 0.717) is 6.42 Å². The summed E-state index contributed by atoms with van der Waals surface area (Å²) in [6.45, 7) is 3.50. The van der Waals surface area contributed by atoms with Gasteiger partial charge in [0, 0.05) is 6.42 Å². The molecule has 2 aromatic rings. The zero-order valence-electron chi connectivity index (χ0n) is 12.9. The van der Waals surface area contributed by atoms with E-state index < -0.39 is 5.60 Å². The Bertz CT molecular complexity index is 597. The Morgan fingerprint density at radius 2 is 1.50 bits per heavy atom. The Kier molecular flexibility index (Phi) is 4.10. The van der Waals surface area contributed by atoms with E-state index in [-0.39, 0.29) is 17.8 Å². The quantitative estimate of drug-likeness (QED) is 0.806. The molecule has 1 unspecified atom stereocenters. The van der Waals surface area contributed by atoms with Crippen molar-refractivity contribution in [3.05, 3.63) is 71.8 Å². The van der Waals surface area contributed by atoms with E-state index in [1.165, 1.54) is 0 Å². The first-order valence-corrected chi connectivity index (χ1v) is 7.59. The van der Waals surface area contributed by atoms with Crippen LogP contribution in [0.5, 0.6) is 0 Å². The molecule has 3 nitrogen and oxygen atoms in total. The molecule has 0 aromatic heterocycles. The first-order chi connectivity index (χ1) is 10.6. The van der Waals surface area contributed by atoms with E-state index in [1.54, 1.807) is 6.92 Å². The van der Waals surface area contributed by atoms with Crippen LogP contribution in [0, 0.1) is 5.92 Å². The van der Waals surface area contributed by atoms with Gasteiger partial charge in [-0.25, -0.2) is 9.78 Å². The number of carbonyl (C=O) groups excluding carboxylic acids is 1. The molecule has 3 rings (SSSR count). The van der Waals surface area contributed by atoms with Crippen LogP contribution in [0.3, 0.4) is 0 Å². The lowest BCUT2D eigenvalue weighted by Gasteiger charge is -2.42. The summed E-state index contributed by atoms with van der Waals surface area (Å²) in [6, 6.07) is 19.9. The monoisotopic (exact) mass is 296 g/mol. The molecule has 0 amide bonds. The van der Waals surface area contributed by atoms with Crippen molar-refractivity contribution in [3.63, 3.8) is 0 Å². The Morgan fingerprint density at radius 1 is 1.00 bits per heavy atom. The standard InChI is InChI=1S/C19H20O3/c1-14(20)18-13-19(22-21-15(18)2,16-9-5-3-6-10-16)17-11-7-4-8-12-17/h3-12,15,18H,13H2,1-2H3/t15-,18?/m0/s1. The second-order valence-corrected chi connectivity index (χ2v) is 5.87. The molecule has 0 bridgehead atoms. The molecule has 1 aliphatic rings. The van der Waals surface area contributed by atoms with Crippen molar-refractivity contribution in [2.24, 2.45) is 5.92 Å². The molecular formula is C19H20O3. The average Bonchev–Trinajstić information content (AvgIpc) is 2.57. The van der Waals surface area contributed by atoms with E-state index in [9.17, 15) is 4.79 Å². The number of rotatable bonds is 3. The number of benzene rings is 2. The summed E-state index contributed by atoms with van der Waals surface area (Å²) in [6.07, 6.45) is 0.343. The Hall–Kier alpha value is -1.97. The number of Topliss-reactive ketones (excluding diaryl/α,β-unsaturated/α-hetero) is 1. The zero-order valence-corrected chi connectivity index (χ0v) is 12.9. The average molecular weight is 296 g/mol. The Balaban J connectivity index is 2.11. The lowest BCUT2D eigenvalue weighted by Crippen LogP contribution is -2.45. The van der Waals surface area contributed by atoms with Crippen LogP contribution in [-0.4, -0.2) is 11.9 Å². The summed E-state index contributed by atoms with van der Waals surface area (Å²) in [5.74, 6) is -0.0544. The number of hydrogen-bond acceptors (Lipinski definition) is 3. The zero-order chi connectivity index (χ0) is 15.6. The van der Waals surface area contributed by atoms with Crippen molar-refractivity contribution in [3.8, 4) is 0 Å². The van der Waals surface area contributed by atoms with E-state index >= 15 is 0 Å². The molecule has 0 saturated carbocycles. The van der Waals surface area contributed by atoms with Crippen molar-refractivity contribution >= 4 is 5.78 Å². The van der Waals surface area contributed by atoms with Crippen molar-refractivity contribution < 1.29 is 14.6 Å². The predicted molar refractivity (Wildman–Crippen MR) is 84.1 cm³/mol. The van der Waals surface area contributed by atoms with Gasteiger partial charge in [-0.05, 0) is 25.0 Å². The number of carbonyl (C=O) groups is 1. The van der Waals surface area contributed by atoms with Crippen LogP contribution in [0.4, 0.5) is 0 Å². The van der Waals surface area contributed by atoms with E-state index in [0.717, 1.165) is 11.1 Å². The molecule has 114 valence electrons. The fourth-order valence-electron chi connectivity index (χ4n) is 3.12. The van der Waals surface area contributed by atoms with Gasteiger partial charge < -0.3 is 0 Å². The van der Waals surface area contributed by atoms with Gasteiger partial charge in [0.15, 0.2) is 5.60 Å². The SMILES string of the molecule is CC(=O)C1CC(c2ccccc2)(c2ccccc2)OO[C@H]1C. The van der Waals surface area contributed by atoms with E-state index in [2.05, 4.69) is 0 Å². The third-order valence-corrected chi connectivity index (χ3v) is 4.42. The fourth-order valence-corrected chi connectivity index (χ4v) is 3.12. The topological polar surface area (TPSA) is 35.5 Å². The van der Waals surface area contributed by atoms with Crippen molar-refractivity contribution in [2.45, 2.75) is 32.0 Å². The molecule has 3 heteroatoms. The van der Waals surface area contributed by atoms with Gasteiger partial charge >= 0.3 is 0 Å². The van der Waals surface area contributed by atoms with Crippen LogP contribution in [0.25, 0.3) is 0 Å². The van der Waals surface area contributed by atoms with Gasteiger partial charge in [0.2, 0.25) is 0 Å². The molecule has 0 aliphatic carbocycles. The lowest BCUT2D eigenvalue weighted by molar-refractivity contribution is -0.409. The van der Waals surface area contributed by atoms with Gasteiger partial charge in [0.1, 0.15) is 11.9 Å². The Morgan fingerprint density at radius 3 is 1.95 bits per heavy atom. The molecule has 0 N–H and O–H groups in total. The summed E-state index contributed by atoms with van der Waals surface area (Å²) < 4.78 is 0.